The Hall–Kier alpha value is -2.73. The van der Waals surface area contributed by atoms with E-state index in [1.807, 2.05) is 0 Å². The van der Waals surface area contributed by atoms with Crippen LogP contribution in [0.4, 0.5) is 4.39 Å². The molecule has 1 amide bonds. The number of halogens is 1. The molecule has 0 aliphatic carbocycles. The second-order valence-electron chi connectivity index (χ2n) is 3.53. The molecule has 0 spiro atoms. The van der Waals surface area contributed by atoms with Gasteiger partial charge in [0.25, 0.3) is 15.9 Å². The van der Waals surface area contributed by atoms with Crippen LogP contribution in [0.15, 0.2) is 40.2 Å². The third kappa shape index (κ3) is 2.50. The minimum atomic E-state index is -4.39. The molecule has 0 saturated heterocycles. The van der Waals surface area contributed by atoms with Crippen molar-refractivity contribution < 1.29 is 22.0 Å². The molecule has 0 radical (unpaired) electrons. The Morgan fingerprint density at radius 1 is 1.45 bits per heavy atom. The Balaban J connectivity index is 2.40. The SMILES string of the molecule is N#Cc1c(F)cccc1S(=O)(=O)NC(=O)c1cocn1. The fourth-order valence-electron chi connectivity index (χ4n) is 1.39. The number of rotatable bonds is 3. The zero-order valence-corrected chi connectivity index (χ0v) is 10.5. The largest absolute Gasteiger partial charge is 0.451 e. The molecule has 1 aromatic heterocycles. The third-order valence-corrected chi connectivity index (χ3v) is 3.64. The Kier molecular flexibility index (Phi) is 3.49. The molecule has 2 rings (SSSR count). The van der Waals surface area contributed by atoms with Gasteiger partial charge in [-0.2, -0.15) is 5.26 Å². The predicted octanol–water partition coefficient (Wildman–Crippen LogP) is 0.804. The van der Waals surface area contributed by atoms with E-state index in [-0.39, 0.29) is 5.69 Å². The number of hydrogen-bond donors (Lipinski definition) is 1. The lowest BCUT2D eigenvalue weighted by molar-refractivity contribution is 0.0976. The van der Waals surface area contributed by atoms with Crippen LogP contribution >= 0.6 is 0 Å². The van der Waals surface area contributed by atoms with E-state index in [4.69, 9.17) is 5.26 Å². The third-order valence-electron chi connectivity index (χ3n) is 2.27. The van der Waals surface area contributed by atoms with E-state index in [0.717, 1.165) is 30.9 Å². The summed E-state index contributed by atoms with van der Waals surface area (Å²) in [6.45, 7) is 0. The van der Waals surface area contributed by atoms with E-state index in [1.54, 1.807) is 4.72 Å². The second kappa shape index (κ2) is 5.10. The highest BCUT2D eigenvalue weighted by atomic mass is 32.2. The van der Waals surface area contributed by atoms with Crippen LogP contribution in [0, 0.1) is 17.1 Å². The van der Waals surface area contributed by atoms with Crippen LogP contribution in [0.3, 0.4) is 0 Å². The number of nitrogens with zero attached hydrogens (tertiary/aromatic N) is 2. The molecule has 0 aliphatic heterocycles. The molecule has 0 atom stereocenters. The van der Waals surface area contributed by atoms with E-state index in [0.29, 0.717) is 0 Å². The molecule has 0 saturated carbocycles. The first kappa shape index (κ1) is 13.7. The molecule has 7 nitrogen and oxygen atoms in total. The highest BCUT2D eigenvalue weighted by Crippen LogP contribution is 2.18. The fraction of sp³-hybridized carbons (Fsp3) is 0. The molecular weight excluding hydrogens is 289 g/mol. The molecule has 1 N–H and O–H groups in total. The first-order chi connectivity index (χ1) is 9.45. The van der Waals surface area contributed by atoms with E-state index < -0.39 is 32.2 Å². The summed E-state index contributed by atoms with van der Waals surface area (Å²) in [6, 6.07) is 4.51. The Morgan fingerprint density at radius 3 is 2.80 bits per heavy atom. The smallest absolute Gasteiger partial charge is 0.286 e. The highest BCUT2D eigenvalue weighted by molar-refractivity contribution is 7.90. The number of carbonyl (C=O) groups is 1. The van der Waals surface area contributed by atoms with Crippen molar-refractivity contribution in [2.45, 2.75) is 4.90 Å². The van der Waals surface area contributed by atoms with Gasteiger partial charge in [0.1, 0.15) is 28.6 Å². The van der Waals surface area contributed by atoms with Crippen molar-refractivity contribution in [1.29, 1.82) is 5.26 Å². The summed E-state index contributed by atoms with van der Waals surface area (Å²) in [5.74, 6) is -2.05. The lowest BCUT2D eigenvalue weighted by atomic mass is 10.2. The Bertz CT molecular complexity index is 794. The van der Waals surface area contributed by atoms with Crippen LogP contribution in [0.5, 0.6) is 0 Å². The van der Waals surface area contributed by atoms with Gasteiger partial charge in [-0.15, -0.1) is 0 Å². The summed E-state index contributed by atoms with van der Waals surface area (Å²) >= 11 is 0. The van der Waals surface area contributed by atoms with Crippen molar-refractivity contribution in [2.75, 3.05) is 0 Å². The van der Waals surface area contributed by atoms with Crippen molar-refractivity contribution in [3.63, 3.8) is 0 Å². The molecule has 1 aromatic carbocycles. The average molecular weight is 295 g/mol. The number of carbonyl (C=O) groups excluding carboxylic acids is 1. The van der Waals surface area contributed by atoms with E-state index >= 15 is 0 Å². The monoisotopic (exact) mass is 295 g/mol. The molecule has 20 heavy (non-hydrogen) atoms. The van der Waals surface area contributed by atoms with Gasteiger partial charge < -0.3 is 4.42 Å². The number of nitrogens with one attached hydrogen (secondary N) is 1. The lowest BCUT2D eigenvalue weighted by Gasteiger charge is -2.07. The maximum Gasteiger partial charge on any atom is 0.286 e. The molecule has 9 heteroatoms. The van der Waals surface area contributed by atoms with Crippen molar-refractivity contribution in [3.8, 4) is 6.07 Å². The van der Waals surface area contributed by atoms with Crippen molar-refractivity contribution in [3.05, 3.63) is 47.9 Å². The maximum atomic E-state index is 13.4. The molecule has 0 aliphatic rings. The fourth-order valence-corrected chi connectivity index (χ4v) is 2.52. The summed E-state index contributed by atoms with van der Waals surface area (Å²) < 4.78 is 43.5. The first-order valence-electron chi connectivity index (χ1n) is 5.09. The first-order valence-corrected chi connectivity index (χ1v) is 6.58. The minimum absolute atomic E-state index is 0.261. The number of aromatic nitrogens is 1. The topological polar surface area (TPSA) is 113 Å². The van der Waals surface area contributed by atoms with Crippen LogP contribution in [0.2, 0.25) is 0 Å². The molecular formula is C11H6FN3O4S. The van der Waals surface area contributed by atoms with Gasteiger partial charge >= 0.3 is 0 Å². The van der Waals surface area contributed by atoms with Crippen LogP contribution in [0.1, 0.15) is 16.1 Å². The van der Waals surface area contributed by atoms with Gasteiger partial charge in [-0.1, -0.05) is 6.07 Å². The van der Waals surface area contributed by atoms with E-state index in [2.05, 4.69) is 9.40 Å². The summed E-state index contributed by atoms with van der Waals surface area (Å²) in [6.07, 6.45) is 1.89. The average Bonchev–Trinajstić information content (AvgIpc) is 2.91. The van der Waals surface area contributed by atoms with Crippen molar-refractivity contribution in [2.24, 2.45) is 0 Å². The lowest BCUT2D eigenvalue weighted by Crippen LogP contribution is -2.31. The predicted molar refractivity (Wildman–Crippen MR) is 62.3 cm³/mol. The number of benzene rings is 1. The van der Waals surface area contributed by atoms with Crippen molar-refractivity contribution in [1.82, 2.24) is 9.71 Å². The number of sulfonamides is 1. The van der Waals surface area contributed by atoms with Crippen molar-refractivity contribution >= 4 is 15.9 Å². The molecule has 102 valence electrons. The number of nitriles is 1. The van der Waals surface area contributed by atoms with Crippen LogP contribution in [0.25, 0.3) is 0 Å². The number of amides is 1. The summed E-state index contributed by atoms with van der Waals surface area (Å²) in [5, 5.41) is 8.79. The van der Waals surface area contributed by atoms with Gasteiger partial charge in [-0.25, -0.2) is 22.5 Å². The standard InChI is InChI=1S/C11H6FN3O4S/c12-8-2-1-3-10(7(8)4-13)20(17,18)15-11(16)9-5-19-6-14-9/h1-3,5-6H,(H,15,16). The second-order valence-corrected chi connectivity index (χ2v) is 5.18. The Morgan fingerprint density at radius 2 is 2.20 bits per heavy atom. The van der Waals surface area contributed by atoms with Gasteiger partial charge in [-0.05, 0) is 12.1 Å². The van der Waals surface area contributed by atoms with Gasteiger partial charge in [-0.3, -0.25) is 4.79 Å². The van der Waals surface area contributed by atoms with E-state index in [9.17, 15) is 17.6 Å². The molecule has 2 aromatic rings. The summed E-state index contributed by atoms with van der Waals surface area (Å²) in [5.41, 5.74) is -0.934. The Labute approximate surface area is 112 Å². The summed E-state index contributed by atoms with van der Waals surface area (Å²) in [4.78, 5) is 14.4. The summed E-state index contributed by atoms with van der Waals surface area (Å²) in [7, 11) is -4.39. The van der Waals surface area contributed by atoms with Crippen LogP contribution < -0.4 is 4.72 Å². The highest BCUT2D eigenvalue weighted by Gasteiger charge is 2.24. The minimum Gasteiger partial charge on any atom is -0.451 e. The van der Waals surface area contributed by atoms with Gasteiger partial charge in [0.2, 0.25) is 0 Å². The normalized spacial score (nSPS) is 10.8. The molecule has 0 unspecified atom stereocenters. The molecule has 0 fully saturated rings. The van der Waals surface area contributed by atoms with Gasteiger partial charge in [0.15, 0.2) is 12.1 Å². The van der Waals surface area contributed by atoms with Gasteiger partial charge in [0, 0.05) is 0 Å². The van der Waals surface area contributed by atoms with Crippen LogP contribution in [-0.4, -0.2) is 19.3 Å². The van der Waals surface area contributed by atoms with E-state index in [1.165, 1.54) is 6.07 Å². The van der Waals surface area contributed by atoms with Gasteiger partial charge in [0.05, 0.1) is 0 Å². The zero-order valence-electron chi connectivity index (χ0n) is 9.70. The number of hydrogen-bond acceptors (Lipinski definition) is 6. The zero-order chi connectivity index (χ0) is 14.8. The maximum absolute atomic E-state index is 13.4. The number of oxazole rings is 1. The molecule has 0 bridgehead atoms. The molecule has 1 heterocycles. The quantitative estimate of drug-likeness (QED) is 0.896. The van der Waals surface area contributed by atoms with Crippen LogP contribution in [-0.2, 0) is 10.0 Å².